The summed E-state index contributed by atoms with van der Waals surface area (Å²) < 4.78 is 0. The highest BCUT2D eigenvalue weighted by molar-refractivity contribution is 7.99. The van der Waals surface area contributed by atoms with Crippen molar-refractivity contribution in [3.8, 4) is 0 Å². The van der Waals surface area contributed by atoms with Gasteiger partial charge in [0.1, 0.15) is 0 Å². The summed E-state index contributed by atoms with van der Waals surface area (Å²) in [5.41, 5.74) is 0.445. The molecule has 2 nitrogen and oxygen atoms in total. The Hall–Kier alpha value is 0.270. The Morgan fingerprint density at radius 3 is 2.53 bits per heavy atom. The lowest BCUT2D eigenvalue weighted by molar-refractivity contribution is 0.0955. The fraction of sp³-hybridized carbons (Fsp3) is 1.00. The molecule has 1 N–H and O–H groups in total. The van der Waals surface area contributed by atoms with Crippen LogP contribution in [0.5, 0.6) is 0 Å². The molecule has 1 heterocycles. The Labute approximate surface area is 111 Å². The number of rotatable bonds is 4. The number of hydrogen-bond acceptors (Lipinski definition) is 3. The number of nitrogens with one attached hydrogen (secondary N) is 1. The SMILES string of the molecule is CN(C)C1(CNC2CCCSC2)CCCCC1. The third-order valence-electron chi connectivity index (χ3n) is 4.61. The van der Waals surface area contributed by atoms with Gasteiger partial charge in [-0.25, -0.2) is 0 Å². The smallest absolute Gasteiger partial charge is 0.0327 e. The van der Waals surface area contributed by atoms with Crippen LogP contribution in [0.4, 0.5) is 0 Å². The molecule has 1 saturated carbocycles. The van der Waals surface area contributed by atoms with Gasteiger partial charge in [0.15, 0.2) is 0 Å². The van der Waals surface area contributed by atoms with E-state index in [-0.39, 0.29) is 0 Å². The summed E-state index contributed by atoms with van der Waals surface area (Å²) in [6, 6.07) is 0.771. The highest BCUT2D eigenvalue weighted by Gasteiger charge is 2.34. The summed E-state index contributed by atoms with van der Waals surface area (Å²) >= 11 is 2.12. The van der Waals surface area contributed by atoms with Crippen LogP contribution < -0.4 is 5.32 Å². The number of nitrogens with zero attached hydrogens (tertiary/aromatic N) is 1. The van der Waals surface area contributed by atoms with Crippen molar-refractivity contribution in [1.29, 1.82) is 0 Å². The van der Waals surface area contributed by atoms with Gasteiger partial charge < -0.3 is 10.2 Å². The summed E-state index contributed by atoms with van der Waals surface area (Å²) in [6.07, 6.45) is 9.82. The van der Waals surface area contributed by atoms with Gasteiger partial charge in [0.05, 0.1) is 0 Å². The van der Waals surface area contributed by atoms with E-state index < -0.39 is 0 Å². The lowest BCUT2D eigenvalue weighted by Crippen LogP contribution is -2.55. The first-order valence-electron chi connectivity index (χ1n) is 7.21. The fourth-order valence-corrected chi connectivity index (χ4v) is 4.33. The molecule has 1 aliphatic carbocycles. The molecule has 0 aromatic heterocycles. The summed E-state index contributed by atoms with van der Waals surface area (Å²) in [4.78, 5) is 2.48. The van der Waals surface area contributed by atoms with E-state index in [1.54, 1.807) is 0 Å². The van der Waals surface area contributed by atoms with Crippen LogP contribution >= 0.6 is 11.8 Å². The highest BCUT2D eigenvalue weighted by atomic mass is 32.2. The quantitative estimate of drug-likeness (QED) is 0.832. The first kappa shape index (κ1) is 13.7. The van der Waals surface area contributed by atoms with E-state index in [1.165, 1.54) is 63.0 Å². The second-order valence-corrected chi connectivity index (χ2v) is 7.12. The van der Waals surface area contributed by atoms with Gasteiger partial charge >= 0.3 is 0 Å². The third-order valence-corrected chi connectivity index (χ3v) is 5.83. The minimum Gasteiger partial charge on any atom is -0.311 e. The van der Waals surface area contributed by atoms with Gasteiger partial charge in [0, 0.05) is 23.9 Å². The third kappa shape index (κ3) is 3.62. The normalized spacial score (nSPS) is 29.5. The second-order valence-electron chi connectivity index (χ2n) is 5.97. The summed E-state index contributed by atoms with van der Waals surface area (Å²) in [5, 5.41) is 3.85. The molecule has 0 radical (unpaired) electrons. The van der Waals surface area contributed by atoms with Gasteiger partial charge in [-0.3, -0.25) is 0 Å². The molecule has 100 valence electrons. The van der Waals surface area contributed by atoms with Crippen molar-refractivity contribution in [2.24, 2.45) is 0 Å². The summed E-state index contributed by atoms with van der Waals surface area (Å²) in [5.74, 6) is 2.69. The van der Waals surface area contributed by atoms with E-state index in [2.05, 4.69) is 36.1 Å². The lowest BCUT2D eigenvalue weighted by atomic mass is 9.80. The molecule has 0 amide bonds. The zero-order chi connectivity index (χ0) is 12.1. The first-order chi connectivity index (χ1) is 8.23. The average Bonchev–Trinajstić information content (AvgIpc) is 2.38. The van der Waals surface area contributed by atoms with Crippen molar-refractivity contribution >= 4 is 11.8 Å². The first-order valence-corrected chi connectivity index (χ1v) is 8.37. The number of likely N-dealkylation sites (N-methyl/N-ethyl adjacent to an activating group) is 1. The van der Waals surface area contributed by atoms with Gasteiger partial charge in [-0.15, -0.1) is 0 Å². The van der Waals surface area contributed by atoms with E-state index in [1.807, 2.05) is 0 Å². The molecule has 0 spiro atoms. The molecular formula is C14H28N2S. The van der Waals surface area contributed by atoms with Crippen LogP contribution in [-0.4, -0.2) is 48.6 Å². The topological polar surface area (TPSA) is 15.3 Å². The number of hydrogen-bond donors (Lipinski definition) is 1. The molecule has 1 aliphatic heterocycles. The number of thioether (sulfide) groups is 1. The van der Waals surface area contributed by atoms with Crippen molar-refractivity contribution in [3.63, 3.8) is 0 Å². The predicted octanol–water partition coefficient (Wildman–Crippen LogP) is 2.74. The van der Waals surface area contributed by atoms with E-state index in [0.29, 0.717) is 5.54 Å². The molecule has 17 heavy (non-hydrogen) atoms. The Balaban J connectivity index is 1.84. The fourth-order valence-electron chi connectivity index (χ4n) is 3.23. The van der Waals surface area contributed by atoms with Gasteiger partial charge in [-0.2, -0.15) is 11.8 Å². The van der Waals surface area contributed by atoms with Crippen molar-refractivity contribution in [1.82, 2.24) is 10.2 Å². The maximum atomic E-state index is 3.85. The summed E-state index contributed by atoms with van der Waals surface area (Å²) in [6.45, 7) is 1.20. The van der Waals surface area contributed by atoms with Crippen LogP contribution in [0.15, 0.2) is 0 Å². The monoisotopic (exact) mass is 256 g/mol. The molecule has 0 bridgehead atoms. The minimum absolute atomic E-state index is 0.445. The Kier molecular flexibility index (Phi) is 5.19. The maximum absolute atomic E-state index is 3.85. The largest absolute Gasteiger partial charge is 0.311 e. The molecule has 2 aliphatic rings. The zero-order valence-corrected chi connectivity index (χ0v) is 12.3. The average molecular weight is 256 g/mol. The molecule has 2 fully saturated rings. The van der Waals surface area contributed by atoms with Crippen LogP contribution in [-0.2, 0) is 0 Å². The minimum atomic E-state index is 0.445. The van der Waals surface area contributed by atoms with Crippen molar-refractivity contribution in [3.05, 3.63) is 0 Å². The van der Waals surface area contributed by atoms with Crippen molar-refractivity contribution in [2.75, 3.05) is 32.1 Å². The predicted molar refractivity (Wildman–Crippen MR) is 77.9 cm³/mol. The van der Waals surface area contributed by atoms with E-state index in [0.717, 1.165) is 6.04 Å². The molecule has 0 aromatic carbocycles. The molecule has 3 heteroatoms. The molecule has 2 rings (SSSR count). The maximum Gasteiger partial charge on any atom is 0.0327 e. The Morgan fingerprint density at radius 1 is 1.18 bits per heavy atom. The molecule has 1 unspecified atom stereocenters. The van der Waals surface area contributed by atoms with Crippen molar-refractivity contribution < 1.29 is 0 Å². The Morgan fingerprint density at radius 2 is 1.94 bits per heavy atom. The van der Waals surface area contributed by atoms with Gasteiger partial charge in [-0.05, 0) is 45.5 Å². The van der Waals surface area contributed by atoms with Gasteiger partial charge in [-0.1, -0.05) is 19.3 Å². The van der Waals surface area contributed by atoms with Crippen LogP contribution in [0.2, 0.25) is 0 Å². The van der Waals surface area contributed by atoms with Crippen LogP contribution in [0.1, 0.15) is 44.9 Å². The zero-order valence-electron chi connectivity index (χ0n) is 11.5. The molecular weight excluding hydrogens is 228 g/mol. The van der Waals surface area contributed by atoms with E-state index >= 15 is 0 Å². The van der Waals surface area contributed by atoms with Crippen LogP contribution in [0.3, 0.4) is 0 Å². The van der Waals surface area contributed by atoms with E-state index in [9.17, 15) is 0 Å². The van der Waals surface area contributed by atoms with Crippen LogP contribution in [0, 0.1) is 0 Å². The molecule has 1 saturated heterocycles. The highest BCUT2D eigenvalue weighted by Crippen LogP contribution is 2.32. The Bertz CT molecular complexity index is 218. The van der Waals surface area contributed by atoms with Gasteiger partial charge in [0.25, 0.3) is 0 Å². The van der Waals surface area contributed by atoms with Crippen LogP contribution in [0.25, 0.3) is 0 Å². The standard InChI is InChI=1S/C14H28N2S/c1-16(2)14(8-4-3-5-9-14)12-15-13-7-6-10-17-11-13/h13,15H,3-12H2,1-2H3. The van der Waals surface area contributed by atoms with Gasteiger partial charge in [0.2, 0.25) is 0 Å². The summed E-state index contributed by atoms with van der Waals surface area (Å²) in [7, 11) is 4.53. The second kappa shape index (κ2) is 6.44. The molecule has 1 atom stereocenters. The lowest BCUT2D eigenvalue weighted by Gasteiger charge is -2.44. The molecule has 0 aromatic rings. The van der Waals surface area contributed by atoms with E-state index in [4.69, 9.17) is 0 Å². The van der Waals surface area contributed by atoms with Crippen molar-refractivity contribution in [2.45, 2.75) is 56.5 Å².